The molecule has 2 radical (unpaired) electrons. The number of aromatic nitrogens is 2. The summed E-state index contributed by atoms with van der Waals surface area (Å²) in [6.07, 6.45) is 7.30. The molecule has 4 nitrogen and oxygen atoms in total. The molecule has 1 aromatic heterocycles. The summed E-state index contributed by atoms with van der Waals surface area (Å²) in [6, 6.07) is 2.09. The maximum atomic E-state index is 4.15. The Bertz CT molecular complexity index is 366. The van der Waals surface area contributed by atoms with Gasteiger partial charge < -0.3 is 0 Å². The zero-order chi connectivity index (χ0) is 12.8. The molecule has 2 rings (SSSR count). The number of rotatable bonds is 6. The maximum absolute atomic E-state index is 4.15. The van der Waals surface area contributed by atoms with Gasteiger partial charge in [0.1, 0.15) is 0 Å². The molecule has 1 aromatic rings. The third-order valence-corrected chi connectivity index (χ3v) is 3.98. The van der Waals surface area contributed by atoms with Gasteiger partial charge in [0.25, 0.3) is 0 Å². The summed E-state index contributed by atoms with van der Waals surface area (Å²) in [6.45, 7) is 2.06. The topological polar surface area (TPSA) is 41.1 Å². The Morgan fingerprint density at radius 1 is 1.44 bits per heavy atom. The van der Waals surface area contributed by atoms with Crippen LogP contribution in [0.15, 0.2) is 12.3 Å². The minimum atomic E-state index is 0.820. The summed E-state index contributed by atoms with van der Waals surface area (Å²) in [4.78, 5) is 2.20. The van der Waals surface area contributed by atoms with E-state index in [4.69, 9.17) is 0 Å². The Morgan fingerprint density at radius 2 is 2.22 bits per heavy atom. The van der Waals surface area contributed by atoms with Gasteiger partial charge in [0, 0.05) is 0 Å². The van der Waals surface area contributed by atoms with Gasteiger partial charge in [-0.1, -0.05) is 0 Å². The van der Waals surface area contributed by atoms with Crippen LogP contribution in [0.3, 0.4) is 0 Å². The van der Waals surface area contributed by atoms with Crippen molar-refractivity contribution in [3.63, 3.8) is 0 Å². The van der Waals surface area contributed by atoms with E-state index in [0.717, 1.165) is 35.7 Å². The first kappa shape index (κ1) is 13.7. The van der Waals surface area contributed by atoms with Gasteiger partial charge in [0.15, 0.2) is 0 Å². The van der Waals surface area contributed by atoms with Gasteiger partial charge in [-0.3, -0.25) is 0 Å². The van der Waals surface area contributed by atoms with E-state index >= 15 is 0 Å². The molecule has 0 aliphatic heterocycles. The zero-order valence-electron chi connectivity index (χ0n) is 11.0. The van der Waals surface area contributed by atoms with E-state index in [1.165, 1.54) is 25.7 Å². The normalized spacial score (nSPS) is 15.9. The van der Waals surface area contributed by atoms with Crippen LogP contribution in [-0.4, -0.2) is 47.2 Å². The molecule has 5 heteroatoms. The van der Waals surface area contributed by atoms with Crippen molar-refractivity contribution >= 4 is 28.4 Å². The number of nitrogens with one attached hydrogen (secondary N) is 1. The van der Waals surface area contributed by atoms with Crippen molar-refractivity contribution in [1.82, 2.24) is 10.2 Å². The second kappa shape index (κ2) is 6.98. The van der Waals surface area contributed by atoms with Crippen molar-refractivity contribution in [2.45, 2.75) is 30.9 Å². The third-order valence-electron chi connectivity index (χ3n) is 3.56. The molecule has 1 heterocycles. The van der Waals surface area contributed by atoms with Crippen LogP contribution in [0.25, 0.3) is 0 Å². The van der Waals surface area contributed by atoms with Crippen molar-refractivity contribution in [3.8, 4) is 0 Å². The van der Waals surface area contributed by atoms with Crippen LogP contribution in [0, 0.1) is 5.92 Å². The summed E-state index contributed by atoms with van der Waals surface area (Å²) in [5.74, 6) is 1.72. The van der Waals surface area contributed by atoms with Crippen LogP contribution < -0.4 is 10.2 Å². The van der Waals surface area contributed by atoms with E-state index in [2.05, 4.69) is 50.4 Å². The quantitative estimate of drug-likeness (QED) is 0.817. The number of anilines is 2. The van der Waals surface area contributed by atoms with Gasteiger partial charge in [0.05, 0.1) is 0 Å². The predicted octanol–water partition coefficient (Wildman–Crippen LogP) is 2.10. The minimum absolute atomic E-state index is 0.820. The van der Waals surface area contributed by atoms with Gasteiger partial charge >= 0.3 is 118 Å². The molecule has 0 aromatic carbocycles. The van der Waals surface area contributed by atoms with E-state index in [-0.39, 0.29) is 0 Å². The summed E-state index contributed by atoms with van der Waals surface area (Å²) in [7, 11) is 2.09. The fraction of sp³-hybridized carbons (Fsp3) is 0.692. The standard InChI is InChI=1S/C13H21AsN4/c1-18(7-6-14)12-8-13(17-16-10-12)15-9-11-4-2-3-5-11/h8,10-11H,2-7,9H2,1H3,(H,15,17). The average Bonchev–Trinajstić information content (AvgIpc) is 2.90. The van der Waals surface area contributed by atoms with Crippen LogP contribution in [0.5, 0.6) is 0 Å². The molecule has 0 unspecified atom stereocenters. The van der Waals surface area contributed by atoms with E-state index in [9.17, 15) is 0 Å². The second-order valence-corrected chi connectivity index (χ2v) is 5.91. The van der Waals surface area contributed by atoms with E-state index in [0.29, 0.717) is 0 Å². The monoisotopic (exact) mass is 308 g/mol. The van der Waals surface area contributed by atoms with Gasteiger partial charge in [-0.25, -0.2) is 0 Å². The van der Waals surface area contributed by atoms with E-state index in [1.54, 1.807) is 0 Å². The van der Waals surface area contributed by atoms with E-state index in [1.807, 2.05) is 6.20 Å². The first-order valence-corrected chi connectivity index (χ1v) is 8.01. The fourth-order valence-electron chi connectivity index (χ4n) is 2.39. The fourth-order valence-corrected chi connectivity index (χ4v) is 3.02. The molecule has 0 bridgehead atoms. The molecule has 0 saturated heterocycles. The first-order valence-electron chi connectivity index (χ1n) is 6.68. The third kappa shape index (κ3) is 3.87. The summed E-state index contributed by atoms with van der Waals surface area (Å²) in [5, 5.41) is 12.7. The Labute approximate surface area is 118 Å². The Kier molecular flexibility index (Phi) is 5.30. The molecule has 18 heavy (non-hydrogen) atoms. The molecule has 0 atom stereocenters. The van der Waals surface area contributed by atoms with Crippen LogP contribution >= 0.6 is 0 Å². The summed E-state index contributed by atoms with van der Waals surface area (Å²) < 4.78 is 0. The molecular weight excluding hydrogens is 287 g/mol. The molecule has 0 spiro atoms. The average molecular weight is 308 g/mol. The van der Waals surface area contributed by atoms with Gasteiger partial charge in [-0.15, -0.1) is 0 Å². The molecule has 98 valence electrons. The van der Waals surface area contributed by atoms with Crippen LogP contribution in [0.4, 0.5) is 11.5 Å². The predicted molar refractivity (Wildman–Crippen MR) is 76.3 cm³/mol. The molecule has 1 aliphatic carbocycles. The molecule has 1 fully saturated rings. The Hall–Kier alpha value is -0.762. The summed E-state index contributed by atoms with van der Waals surface area (Å²) in [5.41, 5.74) is 1.13. The van der Waals surface area contributed by atoms with Crippen LogP contribution in [0.2, 0.25) is 5.21 Å². The molecule has 0 amide bonds. The van der Waals surface area contributed by atoms with Gasteiger partial charge in [-0.05, 0) is 0 Å². The van der Waals surface area contributed by atoms with Crippen LogP contribution in [-0.2, 0) is 0 Å². The van der Waals surface area contributed by atoms with Crippen LogP contribution in [0.1, 0.15) is 25.7 Å². The number of hydrogen-bond donors (Lipinski definition) is 1. The first-order chi connectivity index (χ1) is 8.79. The zero-order valence-corrected chi connectivity index (χ0v) is 12.8. The van der Waals surface area contributed by atoms with Gasteiger partial charge in [-0.2, -0.15) is 0 Å². The van der Waals surface area contributed by atoms with Crippen molar-refractivity contribution in [2.24, 2.45) is 5.92 Å². The number of nitrogens with zero attached hydrogens (tertiary/aromatic N) is 3. The SMILES string of the molecule is CN(CC[As])c1cnnc(NCC2CCCC2)c1. The van der Waals surface area contributed by atoms with E-state index < -0.39 is 0 Å². The van der Waals surface area contributed by atoms with Crippen molar-refractivity contribution in [3.05, 3.63) is 12.3 Å². The van der Waals surface area contributed by atoms with Crippen molar-refractivity contribution < 1.29 is 0 Å². The second-order valence-electron chi connectivity index (χ2n) is 4.98. The molecular formula is C13H21AsN4. The van der Waals surface area contributed by atoms with Crippen molar-refractivity contribution in [2.75, 3.05) is 30.4 Å². The van der Waals surface area contributed by atoms with Gasteiger partial charge in [0.2, 0.25) is 0 Å². The summed E-state index contributed by atoms with van der Waals surface area (Å²) >= 11 is 2.61. The molecule has 1 saturated carbocycles. The molecule has 1 N–H and O–H groups in total. The Morgan fingerprint density at radius 3 is 2.94 bits per heavy atom. The molecule has 1 aliphatic rings. The Balaban J connectivity index is 1.89. The van der Waals surface area contributed by atoms with Crippen molar-refractivity contribution in [1.29, 1.82) is 0 Å². The number of hydrogen-bond acceptors (Lipinski definition) is 4.